The average Bonchev–Trinajstić information content (AvgIpc) is 3.12. The number of hydrogen-bond acceptors (Lipinski definition) is 2. The van der Waals surface area contributed by atoms with Crippen LogP contribution in [0.5, 0.6) is 0 Å². The highest BCUT2D eigenvalue weighted by Gasteiger charge is 2.19. The molecule has 5 heteroatoms. The highest BCUT2D eigenvalue weighted by Crippen LogP contribution is 2.32. The summed E-state index contributed by atoms with van der Waals surface area (Å²) in [5, 5.41) is 1.68. The van der Waals surface area contributed by atoms with Gasteiger partial charge in [-0.1, -0.05) is 47.9 Å². The minimum absolute atomic E-state index is 0.248. The predicted octanol–water partition coefficient (Wildman–Crippen LogP) is 4.17. The van der Waals surface area contributed by atoms with Crippen LogP contribution in [0.25, 0.3) is 38.8 Å². The fourth-order valence-corrected chi connectivity index (χ4v) is 3.48. The molecule has 2 aromatic carbocycles. The van der Waals surface area contributed by atoms with Crippen LogP contribution in [0.15, 0.2) is 79.3 Å². The number of aromatic nitrogens is 3. The first-order valence-corrected chi connectivity index (χ1v) is 8.58. The van der Waals surface area contributed by atoms with Gasteiger partial charge >= 0.3 is 0 Å². The van der Waals surface area contributed by atoms with Crippen molar-refractivity contribution in [2.24, 2.45) is 0 Å². The second kappa shape index (κ2) is 6.06. The molecule has 0 bridgehead atoms. The third kappa shape index (κ3) is 2.43. The lowest BCUT2D eigenvalue weighted by atomic mass is 9.88. The Morgan fingerprint density at radius 2 is 1.74 bits per heavy atom. The standard InChI is InChI=1S/C22H13BFN3/c23-17-7-3-1-5-15(17)21-20(24)22(16-6-2-4-8-18(16)26-21)27-12-10-14-13-25-11-9-19(14)27/h1-13H. The topological polar surface area (TPSA) is 30.7 Å². The molecule has 3 heterocycles. The molecule has 5 aromatic rings. The number of pyridine rings is 2. The number of para-hydroxylation sites is 1. The number of fused-ring (bicyclic) bond motifs is 2. The van der Waals surface area contributed by atoms with Gasteiger partial charge in [0.15, 0.2) is 5.82 Å². The lowest BCUT2D eigenvalue weighted by molar-refractivity contribution is 0.621. The van der Waals surface area contributed by atoms with E-state index < -0.39 is 5.82 Å². The molecule has 3 aromatic heterocycles. The summed E-state index contributed by atoms with van der Waals surface area (Å²) >= 11 is 0. The van der Waals surface area contributed by atoms with Gasteiger partial charge in [-0.25, -0.2) is 9.37 Å². The smallest absolute Gasteiger partial charge is 0.174 e. The maximum Gasteiger partial charge on any atom is 0.174 e. The van der Waals surface area contributed by atoms with Crippen LogP contribution in [0.4, 0.5) is 4.39 Å². The second-order valence-electron chi connectivity index (χ2n) is 6.35. The molecule has 0 aliphatic rings. The Labute approximate surface area is 156 Å². The van der Waals surface area contributed by atoms with Crippen LogP contribution >= 0.6 is 0 Å². The Kier molecular flexibility index (Phi) is 3.54. The first-order chi connectivity index (χ1) is 13.2. The van der Waals surface area contributed by atoms with Gasteiger partial charge in [-0.3, -0.25) is 4.98 Å². The van der Waals surface area contributed by atoms with Crippen molar-refractivity contribution in [1.29, 1.82) is 0 Å². The number of rotatable bonds is 2. The van der Waals surface area contributed by atoms with Gasteiger partial charge in [0, 0.05) is 29.4 Å². The van der Waals surface area contributed by atoms with Crippen molar-refractivity contribution >= 4 is 35.1 Å². The molecule has 0 fully saturated rings. The molecule has 0 aliphatic heterocycles. The molecule has 0 aliphatic carbocycles. The average molecular weight is 349 g/mol. The van der Waals surface area contributed by atoms with Crippen LogP contribution in [-0.2, 0) is 0 Å². The molecule has 0 unspecified atom stereocenters. The molecule has 27 heavy (non-hydrogen) atoms. The summed E-state index contributed by atoms with van der Waals surface area (Å²) in [6.45, 7) is 0. The highest BCUT2D eigenvalue weighted by molar-refractivity contribution is 6.35. The van der Waals surface area contributed by atoms with Crippen molar-refractivity contribution in [3.63, 3.8) is 0 Å². The van der Waals surface area contributed by atoms with Crippen LogP contribution in [0.3, 0.4) is 0 Å². The molecule has 3 nitrogen and oxygen atoms in total. The largest absolute Gasteiger partial charge is 0.313 e. The van der Waals surface area contributed by atoms with Gasteiger partial charge in [0.05, 0.1) is 16.7 Å². The van der Waals surface area contributed by atoms with E-state index in [4.69, 9.17) is 7.85 Å². The van der Waals surface area contributed by atoms with E-state index in [1.54, 1.807) is 24.5 Å². The monoisotopic (exact) mass is 349 g/mol. The molecular weight excluding hydrogens is 336 g/mol. The van der Waals surface area contributed by atoms with Gasteiger partial charge in [0.1, 0.15) is 13.5 Å². The van der Waals surface area contributed by atoms with Crippen molar-refractivity contribution in [2.45, 2.75) is 0 Å². The Balaban J connectivity index is 1.92. The lowest BCUT2D eigenvalue weighted by Gasteiger charge is -2.15. The van der Waals surface area contributed by atoms with Gasteiger partial charge in [-0.05, 0) is 23.8 Å². The van der Waals surface area contributed by atoms with Gasteiger partial charge in [-0.15, -0.1) is 0 Å². The molecule has 0 saturated heterocycles. The maximum atomic E-state index is 15.8. The molecule has 0 amide bonds. The van der Waals surface area contributed by atoms with Crippen LogP contribution in [0, 0.1) is 5.82 Å². The van der Waals surface area contributed by atoms with Crippen molar-refractivity contribution < 1.29 is 4.39 Å². The van der Waals surface area contributed by atoms with E-state index >= 15 is 4.39 Å². The molecule has 0 saturated carbocycles. The zero-order valence-corrected chi connectivity index (χ0v) is 14.3. The normalized spacial score (nSPS) is 11.3. The van der Waals surface area contributed by atoms with E-state index in [0.717, 1.165) is 16.3 Å². The number of hydrogen-bond donors (Lipinski definition) is 0. The summed E-state index contributed by atoms with van der Waals surface area (Å²) < 4.78 is 17.7. The molecule has 0 spiro atoms. The predicted molar refractivity (Wildman–Crippen MR) is 107 cm³/mol. The molecule has 0 atom stereocenters. The van der Waals surface area contributed by atoms with Crippen LogP contribution in [-0.4, -0.2) is 22.4 Å². The summed E-state index contributed by atoms with van der Waals surface area (Å²) in [4.78, 5) is 8.72. The van der Waals surface area contributed by atoms with E-state index in [1.807, 2.05) is 59.3 Å². The highest BCUT2D eigenvalue weighted by atomic mass is 19.1. The van der Waals surface area contributed by atoms with E-state index in [0.29, 0.717) is 22.2 Å². The summed E-state index contributed by atoms with van der Waals surface area (Å²) in [6, 6.07) is 18.5. The zero-order valence-electron chi connectivity index (χ0n) is 14.3. The number of nitrogens with zero attached hydrogens (tertiary/aromatic N) is 3. The minimum atomic E-state index is -0.402. The van der Waals surface area contributed by atoms with Crippen LogP contribution < -0.4 is 5.46 Å². The fraction of sp³-hybridized carbons (Fsp3) is 0. The molecular formula is C22H13BFN3. The van der Waals surface area contributed by atoms with E-state index in [-0.39, 0.29) is 5.69 Å². The summed E-state index contributed by atoms with van der Waals surface area (Å²) in [5.41, 5.74) is 3.37. The Morgan fingerprint density at radius 1 is 0.926 bits per heavy atom. The van der Waals surface area contributed by atoms with Gasteiger partial charge < -0.3 is 4.57 Å². The summed E-state index contributed by atoms with van der Waals surface area (Å²) in [6.07, 6.45) is 5.33. The van der Waals surface area contributed by atoms with Gasteiger partial charge in [0.25, 0.3) is 0 Å². The first kappa shape index (κ1) is 15.8. The molecule has 5 rings (SSSR count). The van der Waals surface area contributed by atoms with E-state index in [9.17, 15) is 0 Å². The van der Waals surface area contributed by atoms with Crippen molar-refractivity contribution in [3.8, 4) is 16.9 Å². The second-order valence-corrected chi connectivity index (χ2v) is 6.35. The fourth-order valence-electron chi connectivity index (χ4n) is 3.48. The van der Waals surface area contributed by atoms with Crippen molar-refractivity contribution in [3.05, 3.63) is 85.1 Å². The number of benzene rings is 2. The summed E-state index contributed by atoms with van der Waals surface area (Å²) in [7, 11) is 6.10. The number of halogens is 1. The van der Waals surface area contributed by atoms with E-state index in [2.05, 4.69) is 9.97 Å². The molecule has 2 radical (unpaired) electrons. The quantitative estimate of drug-likeness (QED) is 0.448. The maximum absolute atomic E-state index is 15.8. The Bertz CT molecular complexity index is 1310. The third-order valence-corrected chi connectivity index (χ3v) is 4.75. The molecule has 0 N–H and O–H groups in total. The Morgan fingerprint density at radius 3 is 2.63 bits per heavy atom. The zero-order chi connectivity index (χ0) is 18.4. The van der Waals surface area contributed by atoms with Crippen LogP contribution in [0.1, 0.15) is 0 Å². The van der Waals surface area contributed by atoms with Crippen LogP contribution in [0.2, 0.25) is 0 Å². The van der Waals surface area contributed by atoms with Gasteiger partial charge in [-0.2, -0.15) is 0 Å². The third-order valence-electron chi connectivity index (χ3n) is 4.75. The minimum Gasteiger partial charge on any atom is -0.313 e. The van der Waals surface area contributed by atoms with Crippen molar-refractivity contribution in [2.75, 3.05) is 0 Å². The summed E-state index contributed by atoms with van der Waals surface area (Å²) in [5.74, 6) is -0.402. The Hall–Kier alpha value is -3.47. The lowest BCUT2D eigenvalue weighted by Crippen LogP contribution is -2.10. The van der Waals surface area contributed by atoms with Gasteiger partial charge in [0.2, 0.25) is 0 Å². The SMILES string of the molecule is [B]c1ccccc1-c1nc2ccccc2c(-n2ccc3cnccc32)c1F. The van der Waals surface area contributed by atoms with E-state index in [1.165, 1.54) is 0 Å². The molecule has 126 valence electrons. The van der Waals surface area contributed by atoms with Crippen molar-refractivity contribution in [1.82, 2.24) is 14.5 Å². The first-order valence-electron chi connectivity index (χ1n) is 8.58.